The first-order valence-corrected chi connectivity index (χ1v) is 7.96. The van der Waals surface area contributed by atoms with Crippen molar-refractivity contribution in [1.82, 2.24) is 19.7 Å². The molecule has 2 aromatic rings. The van der Waals surface area contributed by atoms with Crippen LogP contribution in [-0.4, -0.2) is 25.6 Å². The predicted octanol–water partition coefficient (Wildman–Crippen LogP) is 2.72. The van der Waals surface area contributed by atoms with E-state index in [-0.39, 0.29) is 11.9 Å². The maximum atomic E-state index is 12.7. The molecule has 1 atom stereocenters. The van der Waals surface area contributed by atoms with E-state index in [1.54, 1.807) is 0 Å². The highest BCUT2D eigenvalue weighted by Crippen LogP contribution is 2.24. The fraction of sp³-hybridized carbons (Fsp3) is 0.471. The Bertz CT molecular complexity index is 650. The van der Waals surface area contributed by atoms with Gasteiger partial charge in [0.15, 0.2) is 5.82 Å². The third kappa shape index (κ3) is 2.75. The van der Waals surface area contributed by atoms with Crippen molar-refractivity contribution in [2.24, 2.45) is 0 Å². The molecule has 1 aromatic heterocycles. The number of carbonyl (C=O) groups is 1. The predicted molar refractivity (Wildman–Crippen MR) is 84.0 cm³/mol. The van der Waals surface area contributed by atoms with Crippen LogP contribution in [0.15, 0.2) is 30.3 Å². The molecule has 1 amide bonds. The number of aryl methyl sites for hydroxylation is 1. The Morgan fingerprint density at radius 1 is 1.23 bits per heavy atom. The summed E-state index contributed by atoms with van der Waals surface area (Å²) in [5, 5.41) is 8.60. The number of amides is 1. The van der Waals surface area contributed by atoms with Crippen LogP contribution in [0.2, 0.25) is 0 Å². The minimum atomic E-state index is -0.214. The Morgan fingerprint density at radius 2 is 2.00 bits per heavy atom. The lowest BCUT2D eigenvalue weighted by Gasteiger charge is -2.32. The molecule has 3 rings (SSSR count). The molecular formula is C17H22N4O. The van der Waals surface area contributed by atoms with Gasteiger partial charge in [-0.2, -0.15) is 0 Å². The largest absolute Gasteiger partial charge is 0.329 e. The van der Waals surface area contributed by atoms with Gasteiger partial charge in [0.2, 0.25) is 5.91 Å². The van der Waals surface area contributed by atoms with Crippen LogP contribution in [0.4, 0.5) is 0 Å². The number of nitrogens with zero attached hydrogens (tertiary/aromatic N) is 4. The lowest BCUT2D eigenvalue weighted by atomic mass is 10.1. The van der Waals surface area contributed by atoms with Crippen LogP contribution in [0.5, 0.6) is 0 Å². The Hall–Kier alpha value is -2.17. The van der Waals surface area contributed by atoms with Crippen LogP contribution in [0, 0.1) is 0 Å². The van der Waals surface area contributed by atoms with E-state index in [2.05, 4.69) is 17.1 Å². The summed E-state index contributed by atoms with van der Waals surface area (Å²) in [5.74, 6) is 1.99. The van der Waals surface area contributed by atoms with Gasteiger partial charge in [0.25, 0.3) is 0 Å². The highest BCUT2D eigenvalue weighted by atomic mass is 16.2. The SMILES string of the molecule is CCCCc1nnc2n1[C@H](C)C(=O)N(Cc1ccccc1)C2. The van der Waals surface area contributed by atoms with Gasteiger partial charge in [-0.1, -0.05) is 43.7 Å². The van der Waals surface area contributed by atoms with E-state index in [1.807, 2.05) is 46.7 Å². The number of hydrogen-bond acceptors (Lipinski definition) is 3. The molecule has 0 radical (unpaired) electrons. The molecule has 1 aliphatic heterocycles. The van der Waals surface area contributed by atoms with Crippen molar-refractivity contribution >= 4 is 5.91 Å². The minimum absolute atomic E-state index is 0.147. The van der Waals surface area contributed by atoms with E-state index in [1.165, 1.54) is 0 Å². The smallest absolute Gasteiger partial charge is 0.246 e. The average Bonchev–Trinajstić information content (AvgIpc) is 2.94. The first kappa shape index (κ1) is 14.8. The lowest BCUT2D eigenvalue weighted by molar-refractivity contribution is -0.137. The number of rotatable bonds is 5. The number of unbranched alkanes of at least 4 members (excludes halogenated alkanes) is 1. The molecule has 5 nitrogen and oxygen atoms in total. The lowest BCUT2D eigenvalue weighted by Crippen LogP contribution is -2.41. The summed E-state index contributed by atoms with van der Waals surface area (Å²) < 4.78 is 2.03. The molecule has 1 aliphatic rings. The summed E-state index contributed by atoms with van der Waals surface area (Å²) in [7, 11) is 0. The Labute approximate surface area is 131 Å². The van der Waals surface area contributed by atoms with Crippen molar-refractivity contribution in [3.63, 3.8) is 0 Å². The minimum Gasteiger partial charge on any atom is -0.329 e. The van der Waals surface area contributed by atoms with Crippen molar-refractivity contribution < 1.29 is 4.79 Å². The molecule has 0 fully saturated rings. The number of carbonyl (C=O) groups excluding carboxylic acids is 1. The molecule has 0 saturated heterocycles. The monoisotopic (exact) mass is 298 g/mol. The zero-order valence-electron chi connectivity index (χ0n) is 13.2. The van der Waals surface area contributed by atoms with Crippen molar-refractivity contribution in [3.8, 4) is 0 Å². The van der Waals surface area contributed by atoms with Gasteiger partial charge in [-0.15, -0.1) is 10.2 Å². The van der Waals surface area contributed by atoms with Gasteiger partial charge in [0, 0.05) is 13.0 Å². The standard InChI is InChI=1S/C17H22N4O/c1-3-4-10-15-18-19-16-12-20(17(22)13(2)21(15)16)11-14-8-6-5-7-9-14/h5-9,13H,3-4,10-12H2,1-2H3/t13-/m1/s1. The molecule has 116 valence electrons. The molecule has 0 spiro atoms. The third-order valence-electron chi connectivity index (χ3n) is 4.20. The fourth-order valence-corrected chi connectivity index (χ4v) is 2.98. The van der Waals surface area contributed by atoms with E-state index < -0.39 is 0 Å². The molecule has 2 heterocycles. The maximum absolute atomic E-state index is 12.7. The van der Waals surface area contributed by atoms with Crippen LogP contribution in [0.25, 0.3) is 0 Å². The number of benzene rings is 1. The number of hydrogen-bond donors (Lipinski definition) is 0. The van der Waals surface area contributed by atoms with Gasteiger partial charge >= 0.3 is 0 Å². The van der Waals surface area contributed by atoms with Crippen LogP contribution in [-0.2, 0) is 24.3 Å². The first-order valence-electron chi connectivity index (χ1n) is 7.96. The molecule has 0 aliphatic carbocycles. The normalized spacial score (nSPS) is 17.6. The molecule has 22 heavy (non-hydrogen) atoms. The van der Waals surface area contributed by atoms with E-state index >= 15 is 0 Å². The summed E-state index contributed by atoms with van der Waals surface area (Å²) in [6, 6.07) is 9.86. The van der Waals surface area contributed by atoms with Gasteiger partial charge in [-0.25, -0.2) is 0 Å². The maximum Gasteiger partial charge on any atom is 0.246 e. The van der Waals surface area contributed by atoms with Gasteiger partial charge in [-0.3, -0.25) is 4.79 Å². The molecule has 0 bridgehead atoms. The molecule has 0 N–H and O–H groups in total. The van der Waals surface area contributed by atoms with Crippen molar-refractivity contribution in [1.29, 1.82) is 0 Å². The number of aromatic nitrogens is 3. The Kier molecular flexibility index (Phi) is 4.22. The van der Waals surface area contributed by atoms with E-state index in [4.69, 9.17) is 0 Å². The highest BCUT2D eigenvalue weighted by Gasteiger charge is 2.32. The molecule has 0 saturated carbocycles. The zero-order valence-corrected chi connectivity index (χ0v) is 13.2. The van der Waals surface area contributed by atoms with Crippen molar-refractivity contribution in [2.75, 3.05) is 0 Å². The van der Waals surface area contributed by atoms with E-state index in [9.17, 15) is 4.79 Å². The average molecular weight is 298 g/mol. The van der Waals surface area contributed by atoms with Crippen LogP contribution in [0.1, 0.15) is 49.9 Å². The Morgan fingerprint density at radius 3 is 2.73 bits per heavy atom. The summed E-state index contributed by atoms with van der Waals surface area (Å²) >= 11 is 0. The van der Waals surface area contributed by atoms with E-state index in [0.29, 0.717) is 13.1 Å². The number of fused-ring (bicyclic) bond motifs is 1. The van der Waals surface area contributed by atoms with Crippen LogP contribution >= 0.6 is 0 Å². The second-order valence-electron chi connectivity index (χ2n) is 5.86. The summed E-state index contributed by atoms with van der Waals surface area (Å²) in [5.41, 5.74) is 1.14. The second kappa shape index (κ2) is 6.30. The molecule has 0 unspecified atom stereocenters. The Balaban J connectivity index is 1.81. The zero-order chi connectivity index (χ0) is 15.5. The second-order valence-corrected chi connectivity index (χ2v) is 5.86. The quantitative estimate of drug-likeness (QED) is 0.853. The van der Waals surface area contributed by atoms with Crippen molar-refractivity contribution in [3.05, 3.63) is 47.5 Å². The van der Waals surface area contributed by atoms with Gasteiger partial charge in [0.1, 0.15) is 11.9 Å². The molecule has 1 aromatic carbocycles. The summed E-state index contributed by atoms with van der Waals surface area (Å²) in [6.07, 6.45) is 3.08. The highest BCUT2D eigenvalue weighted by molar-refractivity contribution is 5.81. The summed E-state index contributed by atoms with van der Waals surface area (Å²) in [4.78, 5) is 14.5. The van der Waals surface area contributed by atoms with Gasteiger partial charge < -0.3 is 9.47 Å². The van der Waals surface area contributed by atoms with E-state index in [0.717, 1.165) is 36.5 Å². The fourth-order valence-electron chi connectivity index (χ4n) is 2.98. The van der Waals surface area contributed by atoms with Crippen LogP contribution in [0.3, 0.4) is 0 Å². The van der Waals surface area contributed by atoms with Gasteiger partial charge in [0.05, 0.1) is 6.54 Å². The molecular weight excluding hydrogens is 276 g/mol. The summed E-state index contributed by atoms with van der Waals surface area (Å²) in [6.45, 7) is 5.27. The first-order chi connectivity index (χ1) is 10.7. The van der Waals surface area contributed by atoms with Crippen LogP contribution < -0.4 is 0 Å². The van der Waals surface area contributed by atoms with Crippen molar-refractivity contribution in [2.45, 2.75) is 52.2 Å². The van der Waals surface area contributed by atoms with Gasteiger partial charge in [-0.05, 0) is 18.9 Å². The topological polar surface area (TPSA) is 51.0 Å². The third-order valence-corrected chi connectivity index (χ3v) is 4.20. The molecule has 5 heteroatoms.